The van der Waals surface area contributed by atoms with Gasteiger partial charge in [-0.05, 0) is 23.8 Å². The van der Waals surface area contributed by atoms with E-state index in [1.165, 1.54) is 6.20 Å². The molecular weight excluding hydrogens is 318 g/mol. The summed E-state index contributed by atoms with van der Waals surface area (Å²) < 4.78 is 1.66. The lowest BCUT2D eigenvalue weighted by Gasteiger charge is -2.21. The Labute approximate surface area is 147 Å². The first-order valence-corrected chi connectivity index (χ1v) is 8.35. The molecule has 1 aromatic carbocycles. The summed E-state index contributed by atoms with van der Waals surface area (Å²) in [7, 11) is 0. The average Bonchev–Trinajstić information content (AvgIpc) is 2.99. The van der Waals surface area contributed by atoms with E-state index >= 15 is 0 Å². The lowest BCUT2D eigenvalue weighted by Crippen LogP contribution is -2.41. The van der Waals surface area contributed by atoms with Crippen LogP contribution in [0.2, 0.25) is 0 Å². The van der Waals surface area contributed by atoms with E-state index in [2.05, 4.69) is 10.4 Å². The summed E-state index contributed by atoms with van der Waals surface area (Å²) in [6.45, 7) is 6.69. The summed E-state index contributed by atoms with van der Waals surface area (Å²) in [5.74, 6) is -1.44. The molecule has 0 radical (unpaired) electrons. The van der Waals surface area contributed by atoms with Crippen molar-refractivity contribution in [2.75, 3.05) is 0 Å². The van der Waals surface area contributed by atoms with Crippen molar-refractivity contribution in [2.24, 2.45) is 5.41 Å². The quantitative estimate of drug-likeness (QED) is 0.809. The molecule has 0 aliphatic carbocycles. The minimum absolute atomic E-state index is 0.0129. The molecule has 2 rings (SSSR count). The number of aliphatic carboxylic acids is 1. The first-order chi connectivity index (χ1) is 11.7. The fraction of sp³-hybridized carbons (Fsp3) is 0.421. The summed E-state index contributed by atoms with van der Waals surface area (Å²) in [5, 5.41) is 16.1. The predicted molar refractivity (Wildman–Crippen MR) is 95.4 cm³/mol. The summed E-state index contributed by atoms with van der Waals surface area (Å²) in [6, 6.07) is 8.89. The van der Waals surface area contributed by atoms with Gasteiger partial charge in [0, 0.05) is 6.20 Å². The molecule has 1 amide bonds. The number of hydrogen-bond acceptors (Lipinski definition) is 3. The van der Waals surface area contributed by atoms with Crippen molar-refractivity contribution in [3.8, 4) is 0 Å². The third kappa shape index (κ3) is 6.06. The average molecular weight is 343 g/mol. The van der Waals surface area contributed by atoms with Crippen molar-refractivity contribution in [1.82, 2.24) is 15.1 Å². The van der Waals surface area contributed by atoms with Crippen LogP contribution in [0.25, 0.3) is 0 Å². The number of hydrogen-bond donors (Lipinski definition) is 2. The molecule has 6 heteroatoms. The molecule has 2 N–H and O–H groups in total. The van der Waals surface area contributed by atoms with Crippen LogP contribution in [0.3, 0.4) is 0 Å². The van der Waals surface area contributed by atoms with Crippen LogP contribution in [-0.2, 0) is 11.3 Å². The zero-order chi connectivity index (χ0) is 18.4. The summed E-state index contributed by atoms with van der Waals surface area (Å²) >= 11 is 0. The highest BCUT2D eigenvalue weighted by Crippen LogP contribution is 2.21. The van der Waals surface area contributed by atoms with Gasteiger partial charge in [0.2, 0.25) is 0 Å². The van der Waals surface area contributed by atoms with E-state index in [-0.39, 0.29) is 5.41 Å². The second kappa shape index (κ2) is 7.96. The van der Waals surface area contributed by atoms with E-state index in [0.29, 0.717) is 24.9 Å². The van der Waals surface area contributed by atoms with Gasteiger partial charge in [-0.15, -0.1) is 0 Å². The molecule has 25 heavy (non-hydrogen) atoms. The van der Waals surface area contributed by atoms with Crippen molar-refractivity contribution in [3.63, 3.8) is 0 Å². The molecule has 0 fully saturated rings. The number of carboxylic acids is 1. The maximum atomic E-state index is 12.3. The van der Waals surface area contributed by atoms with Gasteiger partial charge in [0.25, 0.3) is 5.91 Å². The number of carbonyl (C=O) groups is 2. The van der Waals surface area contributed by atoms with Gasteiger partial charge in [-0.3, -0.25) is 9.48 Å². The Bertz CT molecular complexity index is 717. The molecule has 0 aliphatic heterocycles. The summed E-state index contributed by atoms with van der Waals surface area (Å²) in [6.07, 6.45) is 4.19. The first kappa shape index (κ1) is 18.7. The van der Waals surface area contributed by atoms with E-state index in [1.807, 2.05) is 51.1 Å². The molecule has 1 aromatic heterocycles. The molecular formula is C19H25N3O3. The van der Waals surface area contributed by atoms with Gasteiger partial charge in [0.1, 0.15) is 6.04 Å². The van der Waals surface area contributed by atoms with Crippen LogP contribution in [-0.4, -0.2) is 32.8 Å². The van der Waals surface area contributed by atoms with E-state index < -0.39 is 17.9 Å². The predicted octanol–water partition coefficient (Wildman–Crippen LogP) is 2.94. The van der Waals surface area contributed by atoms with Gasteiger partial charge in [-0.1, -0.05) is 51.1 Å². The van der Waals surface area contributed by atoms with Crippen LogP contribution >= 0.6 is 0 Å². The Hall–Kier alpha value is -2.63. The van der Waals surface area contributed by atoms with E-state index in [4.69, 9.17) is 0 Å². The Morgan fingerprint density at radius 2 is 1.92 bits per heavy atom. The Morgan fingerprint density at radius 1 is 1.24 bits per heavy atom. The Kier molecular flexibility index (Phi) is 5.96. The SMILES string of the molecule is CC(C)(C)CCC(NC(=O)c1cnn(Cc2ccccc2)c1)C(=O)O. The number of carboxylic acid groups (broad SMARTS) is 1. The van der Waals surface area contributed by atoms with Crippen molar-refractivity contribution < 1.29 is 14.7 Å². The van der Waals surface area contributed by atoms with Crippen LogP contribution in [0.5, 0.6) is 0 Å². The number of rotatable bonds is 7. The van der Waals surface area contributed by atoms with Crippen LogP contribution in [0.1, 0.15) is 49.5 Å². The molecule has 6 nitrogen and oxygen atoms in total. The summed E-state index contributed by atoms with van der Waals surface area (Å²) in [4.78, 5) is 23.7. The highest BCUT2D eigenvalue weighted by molar-refractivity contribution is 5.96. The topological polar surface area (TPSA) is 84.2 Å². The van der Waals surface area contributed by atoms with E-state index in [0.717, 1.165) is 5.56 Å². The smallest absolute Gasteiger partial charge is 0.326 e. The second-order valence-electron chi connectivity index (χ2n) is 7.38. The van der Waals surface area contributed by atoms with Crippen LogP contribution in [0, 0.1) is 5.41 Å². The van der Waals surface area contributed by atoms with E-state index in [9.17, 15) is 14.7 Å². The lowest BCUT2D eigenvalue weighted by molar-refractivity contribution is -0.139. The van der Waals surface area contributed by atoms with Gasteiger partial charge < -0.3 is 10.4 Å². The van der Waals surface area contributed by atoms with Crippen molar-refractivity contribution in [3.05, 3.63) is 53.9 Å². The Morgan fingerprint density at radius 3 is 2.52 bits per heavy atom. The normalized spacial score (nSPS) is 12.6. The number of benzene rings is 1. The van der Waals surface area contributed by atoms with Gasteiger partial charge in [0.05, 0.1) is 18.3 Å². The molecule has 1 atom stereocenters. The standard InChI is InChI=1S/C19H25N3O3/c1-19(2,3)10-9-16(18(24)25)21-17(23)15-11-20-22(13-15)12-14-7-5-4-6-8-14/h4-8,11,13,16H,9-10,12H2,1-3H3,(H,21,23)(H,24,25). The first-order valence-electron chi connectivity index (χ1n) is 8.35. The molecule has 0 bridgehead atoms. The van der Waals surface area contributed by atoms with Crippen molar-refractivity contribution >= 4 is 11.9 Å². The third-order valence-electron chi connectivity index (χ3n) is 3.87. The molecule has 0 saturated heterocycles. The monoisotopic (exact) mass is 343 g/mol. The number of nitrogens with zero attached hydrogens (tertiary/aromatic N) is 2. The third-order valence-corrected chi connectivity index (χ3v) is 3.87. The fourth-order valence-electron chi connectivity index (χ4n) is 2.41. The lowest BCUT2D eigenvalue weighted by atomic mass is 9.88. The summed E-state index contributed by atoms with van der Waals surface area (Å²) in [5.41, 5.74) is 1.45. The number of nitrogens with one attached hydrogen (secondary N) is 1. The van der Waals surface area contributed by atoms with E-state index in [1.54, 1.807) is 10.9 Å². The largest absolute Gasteiger partial charge is 0.480 e. The Balaban J connectivity index is 1.98. The number of aromatic nitrogens is 2. The molecule has 2 aromatic rings. The van der Waals surface area contributed by atoms with Crippen LogP contribution in [0.4, 0.5) is 0 Å². The van der Waals surface area contributed by atoms with Gasteiger partial charge in [0.15, 0.2) is 0 Å². The highest BCUT2D eigenvalue weighted by atomic mass is 16.4. The molecule has 134 valence electrons. The molecule has 0 spiro atoms. The molecule has 0 aliphatic rings. The maximum Gasteiger partial charge on any atom is 0.326 e. The molecule has 1 unspecified atom stereocenters. The van der Waals surface area contributed by atoms with Crippen molar-refractivity contribution in [1.29, 1.82) is 0 Å². The molecule has 1 heterocycles. The number of amides is 1. The number of carbonyl (C=O) groups excluding carboxylic acids is 1. The minimum atomic E-state index is -1.02. The van der Waals surface area contributed by atoms with Crippen LogP contribution in [0.15, 0.2) is 42.7 Å². The van der Waals surface area contributed by atoms with Crippen LogP contribution < -0.4 is 5.32 Å². The molecule has 0 saturated carbocycles. The van der Waals surface area contributed by atoms with Crippen molar-refractivity contribution in [2.45, 2.75) is 46.2 Å². The minimum Gasteiger partial charge on any atom is -0.480 e. The second-order valence-corrected chi connectivity index (χ2v) is 7.38. The maximum absolute atomic E-state index is 12.3. The zero-order valence-corrected chi connectivity index (χ0v) is 14.9. The van der Waals surface area contributed by atoms with Gasteiger partial charge in [-0.25, -0.2) is 4.79 Å². The van der Waals surface area contributed by atoms with Gasteiger partial charge in [-0.2, -0.15) is 5.10 Å². The fourth-order valence-corrected chi connectivity index (χ4v) is 2.41. The zero-order valence-electron chi connectivity index (χ0n) is 14.9. The highest BCUT2D eigenvalue weighted by Gasteiger charge is 2.23. The van der Waals surface area contributed by atoms with Gasteiger partial charge >= 0.3 is 5.97 Å².